The minimum Gasteiger partial charge on any atom is -0.468 e. The summed E-state index contributed by atoms with van der Waals surface area (Å²) in [6, 6.07) is 10.7. The molecule has 2 aliphatic heterocycles. The van der Waals surface area contributed by atoms with Crippen molar-refractivity contribution in [3.05, 3.63) is 83.7 Å². The number of likely N-dealkylation sites (tertiary alicyclic amines) is 1. The Morgan fingerprint density at radius 3 is 2.47 bits per heavy atom. The summed E-state index contributed by atoms with van der Waals surface area (Å²) in [6.45, 7) is 8.72. The second kappa shape index (κ2) is 14.8. The van der Waals surface area contributed by atoms with Crippen molar-refractivity contribution in [2.45, 2.75) is 82.5 Å². The number of hydrogen-bond donors (Lipinski definition) is 3. The number of hydrogen-bond acceptors (Lipinski definition) is 8. The lowest BCUT2D eigenvalue weighted by Gasteiger charge is -2.30. The van der Waals surface area contributed by atoms with Crippen LogP contribution in [0.15, 0.2) is 66.2 Å². The van der Waals surface area contributed by atoms with E-state index in [9.17, 15) is 28.4 Å². The van der Waals surface area contributed by atoms with Gasteiger partial charge in [-0.05, 0) is 44.4 Å². The number of nitrogens with two attached hydrogens (primary N) is 1. The maximum absolute atomic E-state index is 14.4. The molecule has 1 unspecified atom stereocenters. The van der Waals surface area contributed by atoms with Crippen molar-refractivity contribution in [2.75, 3.05) is 13.7 Å². The summed E-state index contributed by atoms with van der Waals surface area (Å²) in [5, 5.41) is 5.40. The van der Waals surface area contributed by atoms with Crippen LogP contribution < -0.4 is 16.4 Å². The summed E-state index contributed by atoms with van der Waals surface area (Å²) in [4.78, 5) is 74.3. The third kappa shape index (κ3) is 8.47. The van der Waals surface area contributed by atoms with Crippen molar-refractivity contribution in [2.24, 2.45) is 16.6 Å². The minimum atomic E-state index is -1.48. The van der Waals surface area contributed by atoms with E-state index in [1.165, 1.54) is 29.1 Å². The molecule has 5 atom stereocenters. The molecular formula is C36H43FN6O8. The van der Waals surface area contributed by atoms with Gasteiger partial charge in [-0.15, -0.1) is 6.58 Å². The highest BCUT2D eigenvalue weighted by Gasteiger charge is 2.61. The Bertz CT molecular complexity index is 1730. The van der Waals surface area contributed by atoms with E-state index in [1.807, 2.05) is 6.07 Å². The Hall–Kier alpha value is -5.47. The normalized spacial score (nSPS) is 23.1. The Morgan fingerprint density at radius 2 is 1.84 bits per heavy atom. The first-order chi connectivity index (χ1) is 24.1. The highest BCUT2D eigenvalue weighted by molar-refractivity contribution is 6.02. The van der Waals surface area contributed by atoms with Crippen molar-refractivity contribution in [1.82, 2.24) is 20.4 Å². The zero-order chi connectivity index (χ0) is 37.1. The molecule has 3 aliphatic rings. The van der Waals surface area contributed by atoms with Crippen molar-refractivity contribution in [1.29, 1.82) is 0 Å². The Balaban J connectivity index is 1.41. The lowest BCUT2D eigenvalue weighted by Crippen LogP contribution is -2.57. The van der Waals surface area contributed by atoms with E-state index in [-0.39, 0.29) is 38.9 Å². The number of benzene rings is 2. The van der Waals surface area contributed by atoms with Gasteiger partial charge in [0.2, 0.25) is 11.8 Å². The second-order valence-electron chi connectivity index (χ2n) is 13.8. The van der Waals surface area contributed by atoms with Crippen molar-refractivity contribution in [3.8, 4) is 0 Å². The molecule has 2 aromatic rings. The zero-order valence-electron chi connectivity index (χ0n) is 29.0. The largest absolute Gasteiger partial charge is 0.468 e. The summed E-state index contributed by atoms with van der Waals surface area (Å²) in [7, 11) is 1.24. The molecule has 2 fully saturated rings. The zero-order valence-corrected chi connectivity index (χ0v) is 29.0. The van der Waals surface area contributed by atoms with Gasteiger partial charge in [0.15, 0.2) is 0 Å². The van der Waals surface area contributed by atoms with E-state index in [2.05, 4.69) is 22.2 Å². The van der Waals surface area contributed by atoms with Gasteiger partial charge in [0.05, 0.1) is 20.2 Å². The van der Waals surface area contributed by atoms with Crippen molar-refractivity contribution in [3.63, 3.8) is 0 Å². The molecule has 0 aromatic heterocycles. The molecule has 51 heavy (non-hydrogen) atoms. The number of rotatable bonds is 9. The summed E-state index contributed by atoms with van der Waals surface area (Å²) < 4.78 is 30.5. The molecule has 0 bridgehead atoms. The average Bonchev–Trinajstić information content (AvgIpc) is 3.37. The van der Waals surface area contributed by atoms with Crippen LogP contribution in [-0.4, -0.2) is 88.7 Å². The van der Waals surface area contributed by atoms with Gasteiger partial charge in [-0.1, -0.05) is 48.5 Å². The number of alkyl carbamates (subject to hydrolysis) is 1. The van der Waals surface area contributed by atoms with E-state index in [1.54, 1.807) is 57.2 Å². The first kappa shape index (κ1) is 36.8. The van der Waals surface area contributed by atoms with Crippen LogP contribution in [0.5, 0.6) is 0 Å². The fourth-order valence-electron chi connectivity index (χ4n) is 6.37. The SMILES string of the molecule is C=CC1C[C@]1(NC(=O)[C@@H]1C[C@@H](OC(=O)N2Cc3cccc(F)c3C2)CN1C(=O)[C@@H](Cc1ccccc1)NC(=O)OC(C)(C)C)C(=O)N=C(N)OC. The van der Waals surface area contributed by atoms with Crippen molar-refractivity contribution >= 4 is 35.9 Å². The summed E-state index contributed by atoms with van der Waals surface area (Å²) >= 11 is 0. The predicted octanol–water partition coefficient (Wildman–Crippen LogP) is 2.93. The second-order valence-corrected chi connectivity index (χ2v) is 13.8. The number of methoxy groups -OCH3 is 1. The van der Waals surface area contributed by atoms with Crippen LogP contribution in [0, 0.1) is 11.7 Å². The molecule has 1 aliphatic carbocycles. The van der Waals surface area contributed by atoms with E-state index in [4.69, 9.17) is 19.9 Å². The molecule has 2 aromatic carbocycles. The van der Waals surface area contributed by atoms with Gasteiger partial charge < -0.3 is 35.5 Å². The molecule has 5 rings (SSSR count). The van der Waals surface area contributed by atoms with Gasteiger partial charge >= 0.3 is 12.2 Å². The van der Waals surface area contributed by atoms with Gasteiger partial charge in [-0.25, -0.2) is 14.0 Å². The number of amides is 5. The highest BCUT2D eigenvalue weighted by atomic mass is 19.1. The lowest BCUT2D eigenvalue weighted by molar-refractivity contribution is -0.141. The maximum atomic E-state index is 14.4. The summed E-state index contributed by atoms with van der Waals surface area (Å²) in [5.74, 6) is -3.02. The first-order valence-corrected chi connectivity index (χ1v) is 16.6. The Kier molecular flexibility index (Phi) is 10.7. The lowest BCUT2D eigenvalue weighted by atomic mass is 10.0. The van der Waals surface area contributed by atoms with Crippen LogP contribution in [0.3, 0.4) is 0 Å². The van der Waals surface area contributed by atoms with E-state index in [0.29, 0.717) is 11.1 Å². The molecule has 272 valence electrons. The number of carbonyl (C=O) groups excluding carboxylic acids is 5. The van der Waals surface area contributed by atoms with Crippen molar-refractivity contribution < 1.29 is 42.6 Å². The van der Waals surface area contributed by atoms with E-state index >= 15 is 0 Å². The number of nitrogens with one attached hydrogen (secondary N) is 2. The van der Waals surface area contributed by atoms with Gasteiger partial charge in [0.1, 0.15) is 35.1 Å². The quantitative estimate of drug-likeness (QED) is 0.201. The molecular weight excluding hydrogens is 663 g/mol. The highest BCUT2D eigenvalue weighted by Crippen LogP contribution is 2.46. The molecule has 5 amide bonds. The van der Waals surface area contributed by atoms with Gasteiger partial charge in [0.25, 0.3) is 11.9 Å². The van der Waals surface area contributed by atoms with Crippen LogP contribution in [0.4, 0.5) is 14.0 Å². The van der Waals surface area contributed by atoms with Crippen LogP contribution in [0.25, 0.3) is 0 Å². The maximum Gasteiger partial charge on any atom is 0.410 e. The molecule has 14 nitrogen and oxygen atoms in total. The number of aliphatic imine (C=N–C) groups is 1. The molecule has 1 saturated carbocycles. The van der Waals surface area contributed by atoms with Crippen LogP contribution in [0.2, 0.25) is 0 Å². The Labute approximate surface area is 295 Å². The standard InChI is InChI=1S/C36H43FN6O8/c1-6-23-17-36(23,31(46)40-32(38)49-5)41-29(44)28-16-24(50-34(48)42-18-22-13-10-14-26(37)25(22)20-42)19-43(28)30(45)27(15-21-11-8-7-9-12-21)39-33(47)51-35(2,3)4/h6-14,23-24,27-28H,1,15-20H2,2-5H3,(H,39,47)(H,41,44)(H2,38,40,46)/t23?,24-,27-,28+,36-/m1/s1. The fourth-order valence-corrected chi connectivity index (χ4v) is 6.37. The monoisotopic (exact) mass is 706 g/mol. The van der Waals surface area contributed by atoms with Crippen LogP contribution in [-0.2, 0) is 48.1 Å². The molecule has 2 heterocycles. The van der Waals surface area contributed by atoms with E-state index < -0.39 is 77.0 Å². The number of amidine groups is 1. The van der Waals surface area contributed by atoms with Crippen LogP contribution in [0.1, 0.15) is 50.3 Å². The molecule has 0 spiro atoms. The molecule has 4 N–H and O–H groups in total. The minimum absolute atomic E-state index is 0.00221. The Morgan fingerprint density at radius 1 is 1.12 bits per heavy atom. The van der Waals surface area contributed by atoms with E-state index in [0.717, 1.165) is 5.56 Å². The summed E-state index contributed by atoms with van der Waals surface area (Å²) in [5.41, 5.74) is 5.05. The number of ether oxygens (including phenoxy) is 3. The predicted molar refractivity (Wildman–Crippen MR) is 182 cm³/mol. The first-order valence-electron chi connectivity index (χ1n) is 16.6. The number of fused-ring (bicyclic) bond motifs is 1. The smallest absolute Gasteiger partial charge is 0.410 e. The summed E-state index contributed by atoms with van der Waals surface area (Å²) in [6.07, 6.45) is -0.937. The number of nitrogens with zero attached hydrogens (tertiary/aromatic N) is 3. The third-order valence-electron chi connectivity index (χ3n) is 9.02. The van der Waals surface area contributed by atoms with Crippen LogP contribution >= 0.6 is 0 Å². The molecule has 1 saturated heterocycles. The molecule has 15 heteroatoms. The number of halogens is 1. The fraction of sp³-hybridized carbons (Fsp3) is 0.444. The third-order valence-corrected chi connectivity index (χ3v) is 9.02. The number of carbonyl (C=O) groups is 5. The van der Waals surface area contributed by atoms with Gasteiger partial charge in [-0.3, -0.25) is 19.3 Å². The van der Waals surface area contributed by atoms with Gasteiger partial charge in [-0.2, -0.15) is 4.99 Å². The average molecular weight is 707 g/mol. The topological polar surface area (TPSA) is 182 Å². The van der Waals surface area contributed by atoms with Gasteiger partial charge in [0, 0.05) is 30.9 Å². The molecule has 0 radical (unpaired) electrons.